The summed E-state index contributed by atoms with van der Waals surface area (Å²) in [5.41, 5.74) is 4.23. The number of benzene rings is 1. The molecule has 1 saturated heterocycles. The Balaban J connectivity index is 1.44. The van der Waals surface area contributed by atoms with Crippen LogP contribution in [0.2, 0.25) is 0 Å². The van der Waals surface area contributed by atoms with E-state index in [1.807, 2.05) is 10.9 Å². The van der Waals surface area contributed by atoms with Gasteiger partial charge in [-0.3, -0.25) is 4.79 Å². The number of aromatic nitrogens is 2. The third-order valence-corrected chi connectivity index (χ3v) is 7.35. The molecule has 0 bridgehead atoms. The lowest BCUT2D eigenvalue weighted by atomic mass is 9.69. The second-order valence-corrected chi connectivity index (χ2v) is 9.08. The molecule has 6 heteroatoms. The van der Waals surface area contributed by atoms with Gasteiger partial charge in [0.1, 0.15) is 5.82 Å². The van der Waals surface area contributed by atoms with Crippen molar-refractivity contribution in [3.8, 4) is 5.69 Å². The highest BCUT2D eigenvalue weighted by Gasteiger charge is 2.50. The molecular weight excluding hydrogens is 381 g/mol. The van der Waals surface area contributed by atoms with Crippen molar-refractivity contribution in [2.24, 2.45) is 11.3 Å². The second kappa shape index (κ2) is 7.34. The summed E-state index contributed by atoms with van der Waals surface area (Å²) in [6, 6.07) is 6.62. The van der Waals surface area contributed by atoms with E-state index in [-0.39, 0.29) is 29.1 Å². The van der Waals surface area contributed by atoms with Crippen LogP contribution in [0.5, 0.6) is 0 Å². The van der Waals surface area contributed by atoms with Crippen LogP contribution < -0.4 is 0 Å². The molecule has 1 aliphatic heterocycles. The molecule has 1 amide bonds. The van der Waals surface area contributed by atoms with Crippen molar-refractivity contribution in [2.75, 3.05) is 20.3 Å². The summed E-state index contributed by atoms with van der Waals surface area (Å²) in [6.45, 7) is 3.70. The maximum atomic E-state index is 13.6. The van der Waals surface area contributed by atoms with Crippen LogP contribution in [0.4, 0.5) is 4.39 Å². The van der Waals surface area contributed by atoms with Gasteiger partial charge in [-0.05, 0) is 68.0 Å². The molecular formula is C24H28FN3O2. The summed E-state index contributed by atoms with van der Waals surface area (Å²) >= 11 is 0. The first-order valence-electron chi connectivity index (χ1n) is 10.8. The van der Waals surface area contributed by atoms with E-state index in [0.29, 0.717) is 6.61 Å². The number of fused-ring (bicyclic) bond motifs is 2. The van der Waals surface area contributed by atoms with E-state index in [0.717, 1.165) is 55.6 Å². The first-order valence-corrected chi connectivity index (χ1v) is 10.8. The second-order valence-electron chi connectivity index (χ2n) is 9.08. The van der Waals surface area contributed by atoms with E-state index in [1.165, 1.54) is 17.7 Å². The zero-order valence-corrected chi connectivity index (χ0v) is 17.6. The van der Waals surface area contributed by atoms with E-state index < -0.39 is 0 Å². The molecule has 1 aromatic carbocycles. The Morgan fingerprint density at radius 1 is 1.30 bits per heavy atom. The van der Waals surface area contributed by atoms with E-state index in [9.17, 15) is 9.18 Å². The number of nitrogens with zero attached hydrogens (tertiary/aromatic N) is 3. The van der Waals surface area contributed by atoms with Gasteiger partial charge < -0.3 is 9.64 Å². The molecule has 1 aromatic heterocycles. The molecule has 0 unspecified atom stereocenters. The maximum absolute atomic E-state index is 13.6. The van der Waals surface area contributed by atoms with Gasteiger partial charge in [-0.25, -0.2) is 9.07 Å². The fraction of sp³-hybridized carbons (Fsp3) is 0.500. The first-order chi connectivity index (χ1) is 14.5. The summed E-state index contributed by atoms with van der Waals surface area (Å²) in [5.74, 6) is 0.0369. The fourth-order valence-corrected chi connectivity index (χ4v) is 5.72. The lowest BCUT2D eigenvalue weighted by Crippen LogP contribution is -2.46. The molecule has 30 heavy (non-hydrogen) atoms. The van der Waals surface area contributed by atoms with Gasteiger partial charge in [0.2, 0.25) is 5.91 Å². The summed E-state index contributed by atoms with van der Waals surface area (Å²) < 4.78 is 20.6. The molecule has 2 fully saturated rings. The van der Waals surface area contributed by atoms with Crippen LogP contribution in [0.25, 0.3) is 11.8 Å². The Labute approximate surface area is 176 Å². The average molecular weight is 410 g/mol. The molecule has 2 heterocycles. The monoisotopic (exact) mass is 409 g/mol. The maximum Gasteiger partial charge on any atom is 0.226 e. The van der Waals surface area contributed by atoms with Crippen molar-refractivity contribution in [1.82, 2.24) is 14.7 Å². The average Bonchev–Trinajstić information content (AvgIpc) is 3.43. The molecule has 2 aliphatic carbocycles. The SMILES string of the molecule is COC[C@H]1CCCN1C(=O)[C@H]1CCC2=Cc3c(cnn3-c3ccc(F)cc3)C[C@@]21C. The number of carbonyl (C=O) groups excluding carboxylic acids is 1. The van der Waals surface area contributed by atoms with Crippen LogP contribution in [-0.2, 0) is 16.0 Å². The molecule has 2 aromatic rings. The third-order valence-electron chi connectivity index (χ3n) is 7.35. The minimum Gasteiger partial charge on any atom is -0.383 e. The van der Waals surface area contributed by atoms with Crippen molar-refractivity contribution in [3.05, 3.63) is 53.1 Å². The zero-order chi connectivity index (χ0) is 20.9. The number of likely N-dealkylation sites (tertiary alicyclic amines) is 1. The highest BCUT2D eigenvalue weighted by molar-refractivity contribution is 5.83. The van der Waals surface area contributed by atoms with Crippen molar-refractivity contribution in [3.63, 3.8) is 0 Å². The minimum absolute atomic E-state index is 0.00327. The van der Waals surface area contributed by atoms with Gasteiger partial charge in [0.25, 0.3) is 0 Å². The predicted octanol–water partition coefficient (Wildman–Crippen LogP) is 4.00. The van der Waals surface area contributed by atoms with Crippen molar-refractivity contribution >= 4 is 12.0 Å². The Morgan fingerprint density at radius 3 is 2.87 bits per heavy atom. The van der Waals surface area contributed by atoms with E-state index >= 15 is 0 Å². The number of rotatable bonds is 4. The molecule has 3 aliphatic rings. The van der Waals surface area contributed by atoms with Crippen LogP contribution in [0.15, 0.2) is 36.0 Å². The Morgan fingerprint density at radius 2 is 2.10 bits per heavy atom. The molecule has 158 valence electrons. The van der Waals surface area contributed by atoms with E-state index in [4.69, 9.17) is 4.74 Å². The minimum atomic E-state index is -0.253. The Hall–Kier alpha value is -2.47. The summed E-state index contributed by atoms with van der Waals surface area (Å²) in [5, 5.41) is 4.58. The normalized spacial score (nSPS) is 27.7. The van der Waals surface area contributed by atoms with Gasteiger partial charge >= 0.3 is 0 Å². The van der Waals surface area contributed by atoms with Crippen molar-refractivity contribution in [2.45, 2.75) is 45.1 Å². The topological polar surface area (TPSA) is 47.4 Å². The van der Waals surface area contributed by atoms with Crippen LogP contribution in [0.1, 0.15) is 43.9 Å². The van der Waals surface area contributed by atoms with Gasteiger partial charge in [-0.1, -0.05) is 12.5 Å². The number of hydrogen-bond donors (Lipinski definition) is 0. The zero-order valence-electron chi connectivity index (χ0n) is 17.6. The number of halogens is 1. The number of hydrogen-bond acceptors (Lipinski definition) is 3. The van der Waals surface area contributed by atoms with Gasteiger partial charge in [0.05, 0.1) is 30.2 Å². The lowest BCUT2D eigenvalue weighted by molar-refractivity contribution is -0.140. The Kier molecular flexibility index (Phi) is 4.77. The van der Waals surface area contributed by atoms with Crippen molar-refractivity contribution < 1.29 is 13.9 Å². The number of allylic oxidation sites excluding steroid dienone is 1. The fourth-order valence-electron chi connectivity index (χ4n) is 5.72. The lowest BCUT2D eigenvalue weighted by Gasteiger charge is -2.38. The number of amides is 1. The highest BCUT2D eigenvalue weighted by atomic mass is 19.1. The van der Waals surface area contributed by atoms with Crippen LogP contribution >= 0.6 is 0 Å². The predicted molar refractivity (Wildman–Crippen MR) is 113 cm³/mol. The van der Waals surface area contributed by atoms with Gasteiger partial charge in [0.15, 0.2) is 0 Å². The van der Waals surface area contributed by atoms with Gasteiger partial charge in [0, 0.05) is 25.0 Å². The molecule has 5 rings (SSSR count). The number of carbonyl (C=O) groups is 1. The third kappa shape index (κ3) is 3.00. The molecule has 3 atom stereocenters. The molecule has 5 nitrogen and oxygen atoms in total. The van der Waals surface area contributed by atoms with Crippen LogP contribution in [-0.4, -0.2) is 46.9 Å². The quantitative estimate of drug-likeness (QED) is 0.767. The highest BCUT2D eigenvalue weighted by Crippen LogP contribution is 2.54. The van der Waals surface area contributed by atoms with Crippen LogP contribution in [0.3, 0.4) is 0 Å². The largest absolute Gasteiger partial charge is 0.383 e. The first kappa shape index (κ1) is 19.5. The molecule has 0 spiro atoms. The van der Waals surface area contributed by atoms with E-state index in [1.54, 1.807) is 19.2 Å². The standard InChI is InChI=1S/C24H28FN3O2/c1-24-13-16-14-26-28(19-8-6-18(25)7-9-19)22(16)12-17(24)5-10-21(24)23(29)27-11-3-4-20(27)15-30-2/h6-9,12,14,20-21H,3-5,10-11,13,15H2,1-2H3/t20-,21-,24+/m1/s1. The summed E-state index contributed by atoms with van der Waals surface area (Å²) in [7, 11) is 1.71. The molecule has 0 N–H and O–H groups in total. The van der Waals surface area contributed by atoms with Gasteiger partial charge in [-0.2, -0.15) is 5.10 Å². The van der Waals surface area contributed by atoms with Crippen LogP contribution in [0, 0.1) is 17.2 Å². The van der Waals surface area contributed by atoms with E-state index in [2.05, 4.69) is 23.0 Å². The summed E-state index contributed by atoms with van der Waals surface area (Å²) in [6.07, 6.45) is 8.85. The smallest absolute Gasteiger partial charge is 0.226 e. The van der Waals surface area contributed by atoms with Crippen molar-refractivity contribution in [1.29, 1.82) is 0 Å². The number of ether oxygens (including phenoxy) is 1. The molecule has 0 radical (unpaired) electrons. The summed E-state index contributed by atoms with van der Waals surface area (Å²) in [4.78, 5) is 15.6. The molecule has 1 saturated carbocycles. The Bertz CT molecular complexity index is 996. The van der Waals surface area contributed by atoms with Gasteiger partial charge in [-0.15, -0.1) is 0 Å². The number of methoxy groups -OCH3 is 1.